The summed E-state index contributed by atoms with van der Waals surface area (Å²) in [6.07, 6.45) is 0. The Morgan fingerprint density at radius 2 is 1.71 bits per heavy atom. The summed E-state index contributed by atoms with van der Waals surface area (Å²) in [6.45, 7) is 3.82. The van der Waals surface area contributed by atoms with Crippen LogP contribution >= 0.6 is 11.6 Å². The molecule has 0 atom stereocenters. The van der Waals surface area contributed by atoms with Crippen molar-refractivity contribution >= 4 is 34.7 Å². The highest BCUT2D eigenvalue weighted by atomic mass is 35.5. The first-order valence-corrected chi connectivity index (χ1v) is 7.79. The molecule has 6 heteroatoms. The Balaban J connectivity index is 1.86. The maximum Gasteiger partial charge on any atom is 0.229 e. The van der Waals surface area contributed by atoms with Crippen LogP contribution in [0, 0.1) is 19.7 Å². The minimum absolute atomic E-state index is 0.288. The second-order valence-electron chi connectivity index (χ2n) is 5.39. The van der Waals surface area contributed by atoms with Crippen molar-refractivity contribution in [1.29, 1.82) is 0 Å². The molecular weight excluding hydrogens is 327 g/mol. The van der Waals surface area contributed by atoms with E-state index in [1.165, 1.54) is 12.1 Å². The van der Waals surface area contributed by atoms with Crippen molar-refractivity contribution in [3.63, 3.8) is 0 Å². The Morgan fingerprint density at radius 1 is 0.958 bits per heavy atom. The highest BCUT2D eigenvalue weighted by Crippen LogP contribution is 2.26. The molecule has 122 valence electrons. The highest BCUT2D eigenvalue weighted by molar-refractivity contribution is 6.31. The van der Waals surface area contributed by atoms with Gasteiger partial charge in [0.05, 0.1) is 0 Å². The highest BCUT2D eigenvalue weighted by Gasteiger charge is 2.06. The van der Waals surface area contributed by atoms with Gasteiger partial charge in [-0.3, -0.25) is 0 Å². The van der Waals surface area contributed by atoms with Crippen molar-refractivity contribution < 1.29 is 4.39 Å². The summed E-state index contributed by atoms with van der Waals surface area (Å²) in [5.74, 6) is 0.797. The molecule has 0 unspecified atom stereocenters. The number of benzene rings is 2. The van der Waals surface area contributed by atoms with Crippen molar-refractivity contribution in [3.05, 3.63) is 70.6 Å². The van der Waals surface area contributed by atoms with Gasteiger partial charge in [0.1, 0.15) is 11.6 Å². The van der Waals surface area contributed by atoms with Crippen LogP contribution in [0.25, 0.3) is 0 Å². The lowest BCUT2D eigenvalue weighted by Crippen LogP contribution is -2.03. The smallest absolute Gasteiger partial charge is 0.229 e. The first-order chi connectivity index (χ1) is 11.5. The number of hydrogen-bond donors (Lipinski definition) is 2. The number of aromatic nitrogens is 2. The standard InChI is InChI=1S/C18H16ClFN4/c1-11-10-17(23-16-5-3-4-15(19)12(16)2)24-18(21-11)22-14-8-6-13(20)7-9-14/h3-10H,1-2H3,(H2,21,22,23,24). The summed E-state index contributed by atoms with van der Waals surface area (Å²) in [4.78, 5) is 8.80. The van der Waals surface area contributed by atoms with E-state index < -0.39 is 0 Å². The summed E-state index contributed by atoms with van der Waals surface area (Å²) in [7, 11) is 0. The summed E-state index contributed by atoms with van der Waals surface area (Å²) < 4.78 is 13.0. The molecule has 0 bridgehead atoms. The maximum atomic E-state index is 13.0. The Kier molecular flexibility index (Phi) is 4.62. The SMILES string of the molecule is Cc1cc(Nc2cccc(Cl)c2C)nc(Nc2ccc(F)cc2)n1. The van der Waals surface area contributed by atoms with Gasteiger partial charge < -0.3 is 10.6 Å². The zero-order valence-corrected chi connectivity index (χ0v) is 14.0. The summed E-state index contributed by atoms with van der Waals surface area (Å²) in [6, 6.07) is 13.5. The lowest BCUT2D eigenvalue weighted by Gasteiger charge is -2.12. The molecule has 3 aromatic rings. The normalized spacial score (nSPS) is 10.5. The van der Waals surface area contributed by atoms with Gasteiger partial charge in [0.25, 0.3) is 0 Å². The minimum Gasteiger partial charge on any atom is -0.340 e. The van der Waals surface area contributed by atoms with Crippen molar-refractivity contribution in [3.8, 4) is 0 Å². The molecule has 0 aliphatic heterocycles. The molecule has 2 N–H and O–H groups in total. The van der Waals surface area contributed by atoms with Crippen LogP contribution < -0.4 is 10.6 Å². The number of nitrogens with one attached hydrogen (secondary N) is 2. The van der Waals surface area contributed by atoms with Gasteiger partial charge in [-0.15, -0.1) is 0 Å². The lowest BCUT2D eigenvalue weighted by molar-refractivity contribution is 0.628. The topological polar surface area (TPSA) is 49.8 Å². The molecule has 0 radical (unpaired) electrons. The van der Waals surface area contributed by atoms with Crippen molar-refractivity contribution in [2.24, 2.45) is 0 Å². The predicted molar refractivity (Wildman–Crippen MR) is 95.9 cm³/mol. The number of rotatable bonds is 4. The van der Waals surface area contributed by atoms with Gasteiger partial charge in [-0.25, -0.2) is 9.37 Å². The molecule has 0 fully saturated rings. The van der Waals surface area contributed by atoms with Crippen LogP contribution in [-0.4, -0.2) is 9.97 Å². The average Bonchev–Trinajstić information content (AvgIpc) is 2.54. The van der Waals surface area contributed by atoms with E-state index in [-0.39, 0.29) is 5.82 Å². The first kappa shape index (κ1) is 16.2. The number of nitrogens with zero attached hydrogens (tertiary/aromatic N) is 2. The fourth-order valence-corrected chi connectivity index (χ4v) is 2.41. The molecule has 0 amide bonds. The molecule has 1 heterocycles. The van der Waals surface area contributed by atoms with Gasteiger partial charge in [-0.2, -0.15) is 4.98 Å². The average molecular weight is 343 g/mol. The number of anilines is 4. The minimum atomic E-state index is -0.288. The van der Waals surface area contributed by atoms with Crippen molar-refractivity contribution in [2.75, 3.05) is 10.6 Å². The number of hydrogen-bond acceptors (Lipinski definition) is 4. The quantitative estimate of drug-likeness (QED) is 0.669. The second kappa shape index (κ2) is 6.84. The first-order valence-electron chi connectivity index (χ1n) is 7.42. The summed E-state index contributed by atoms with van der Waals surface area (Å²) >= 11 is 6.15. The van der Waals surface area contributed by atoms with E-state index in [4.69, 9.17) is 11.6 Å². The number of aryl methyl sites for hydroxylation is 1. The zero-order valence-electron chi connectivity index (χ0n) is 13.3. The fourth-order valence-electron chi connectivity index (χ4n) is 2.23. The van der Waals surface area contributed by atoms with E-state index in [1.807, 2.05) is 38.1 Å². The second-order valence-corrected chi connectivity index (χ2v) is 5.79. The molecule has 2 aromatic carbocycles. The van der Waals surface area contributed by atoms with E-state index in [2.05, 4.69) is 20.6 Å². The van der Waals surface area contributed by atoms with E-state index in [0.717, 1.165) is 16.9 Å². The molecule has 3 rings (SSSR count). The molecule has 4 nitrogen and oxygen atoms in total. The molecule has 1 aromatic heterocycles. The van der Waals surface area contributed by atoms with E-state index in [1.54, 1.807) is 12.1 Å². The van der Waals surface area contributed by atoms with Crippen LogP contribution in [0.4, 0.5) is 27.5 Å². The predicted octanol–water partition coefficient (Wildman–Crippen LogP) is 5.37. The molecule has 0 saturated heterocycles. The Hall–Kier alpha value is -2.66. The van der Waals surface area contributed by atoms with Gasteiger partial charge in [0, 0.05) is 28.2 Å². The Bertz CT molecular complexity index is 865. The van der Waals surface area contributed by atoms with E-state index in [9.17, 15) is 4.39 Å². The largest absolute Gasteiger partial charge is 0.340 e. The van der Waals surface area contributed by atoms with Crippen LogP contribution in [-0.2, 0) is 0 Å². The van der Waals surface area contributed by atoms with Crippen LogP contribution in [0.15, 0.2) is 48.5 Å². The third kappa shape index (κ3) is 3.81. The van der Waals surface area contributed by atoms with Crippen molar-refractivity contribution in [1.82, 2.24) is 9.97 Å². The lowest BCUT2D eigenvalue weighted by atomic mass is 10.2. The fraction of sp³-hybridized carbons (Fsp3) is 0.111. The Morgan fingerprint density at radius 3 is 2.46 bits per heavy atom. The van der Waals surface area contributed by atoms with Gasteiger partial charge in [-0.1, -0.05) is 17.7 Å². The molecule has 0 aliphatic carbocycles. The molecule has 0 spiro atoms. The van der Waals surface area contributed by atoms with Gasteiger partial charge in [0.2, 0.25) is 5.95 Å². The van der Waals surface area contributed by atoms with Crippen LogP contribution in [0.3, 0.4) is 0 Å². The third-order valence-corrected chi connectivity index (χ3v) is 3.89. The van der Waals surface area contributed by atoms with Gasteiger partial charge in [0.15, 0.2) is 0 Å². The molecule has 0 saturated carbocycles. The maximum absolute atomic E-state index is 13.0. The van der Waals surface area contributed by atoms with Gasteiger partial charge >= 0.3 is 0 Å². The zero-order chi connectivity index (χ0) is 17.1. The molecular formula is C18H16ClFN4. The van der Waals surface area contributed by atoms with E-state index >= 15 is 0 Å². The molecule has 0 aliphatic rings. The number of halogens is 2. The van der Waals surface area contributed by atoms with Crippen LogP contribution in [0.1, 0.15) is 11.3 Å². The Labute approximate surface area is 144 Å². The summed E-state index contributed by atoms with van der Waals surface area (Å²) in [5.41, 5.74) is 3.35. The van der Waals surface area contributed by atoms with Crippen molar-refractivity contribution in [2.45, 2.75) is 13.8 Å². The molecule has 24 heavy (non-hydrogen) atoms. The summed E-state index contributed by atoms with van der Waals surface area (Å²) in [5, 5.41) is 7.01. The van der Waals surface area contributed by atoms with Crippen LogP contribution in [0.2, 0.25) is 5.02 Å². The van der Waals surface area contributed by atoms with E-state index in [0.29, 0.717) is 22.5 Å². The van der Waals surface area contributed by atoms with Gasteiger partial charge in [-0.05, 0) is 55.8 Å². The third-order valence-electron chi connectivity index (χ3n) is 3.49. The van der Waals surface area contributed by atoms with Crippen LogP contribution in [0.5, 0.6) is 0 Å². The monoisotopic (exact) mass is 342 g/mol.